The van der Waals surface area contributed by atoms with Crippen molar-refractivity contribution in [2.24, 2.45) is 0 Å². The van der Waals surface area contributed by atoms with Crippen molar-refractivity contribution in [2.45, 2.75) is 32.2 Å². The van der Waals surface area contributed by atoms with Crippen LogP contribution in [0, 0.1) is 0 Å². The van der Waals surface area contributed by atoms with Crippen molar-refractivity contribution in [3.8, 4) is 0 Å². The van der Waals surface area contributed by atoms with Gasteiger partial charge in [0.25, 0.3) is 0 Å². The lowest BCUT2D eigenvalue weighted by Gasteiger charge is -2.35. The summed E-state index contributed by atoms with van der Waals surface area (Å²) in [4.78, 5) is 21.4. The summed E-state index contributed by atoms with van der Waals surface area (Å²) in [5.74, 6) is 0.152. The van der Waals surface area contributed by atoms with Gasteiger partial charge in [0.1, 0.15) is 0 Å². The molecular weight excluding hydrogens is 321 g/mol. The van der Waals surface area contributed by atoms with Gasteiger partial charge in [0, 0.05) is 24.9 Å². The fourth-order valence-electron chi connectivity index (χ4n) is 2.96. The molecule has 2 heterocycles. The highest BCUT2D eigenvalue weighted by Gasteiger charge is 2.28. The van der Waals surface area contributed by atoms with Gasteiger partial charge in [-0.2, -0.15) is 0 Å². The zero-order valence-corrected chi connectivity index (χ0v) is 13.8. The molecule has 0 saturated heterocycles. The number of aromatic nitrogens is 2. The molecule has 0 aliphatic carbocycles. The van der Waals surface area contributed by atoms with Gasteiger partial charge < -0.3 is 9.88 Å². The van der Waals surface area contributed by atoms with E-state index in [1.165, 1.54) is 5.56 Å². The molecular formula is C16H17Cl2N3O. The minimum atomic E-state index is 0.0211. The SMILES string of the molecule is CC1c2cc(Cl)c(Cl)cc2CCN1C(=O)CCc1cnc[nH]1. The Balaban J connectivity index is 1.73. The Labute approximate surface area is 139 Å². The van der Waals surface area contributed by atoms with Crippen LogP contribution in [0.25, 0.3) is 0 Å². The first-order chi connectivity index (χ1) is 10.6. The minimum absolute atomic E-state index is 0.0211. The first-order valence-corrected chi connectivity index (χ1v) is 8.06. The molecule has 2 aromatic rings. The third-order valence-corrected chi connectivity index (χ3v) is 4.93. The number of amides is 1. The minimum Gasteiger partial charge on any atom is -0.348 e. The van der Waals surface area contributed by atoms with Crippen molar-refractivity contribution >= 4 is 29.1 Å². The number of aryl methyl sites for hydroxylation is 1. The molecule has 1 aliphatic heterocycles. The van der Waals surface area contributed by atoms with Gasteiger partial charge in [-0.05, 0) is 43.0 Å². The normalized spacial score (nSPS) is 17.4. The highest BCUT2D eigenvalue weighted by Crippen LogP contribution is 2.35. The van der Waals surface area contributed by atoms with Crippen molar-refractivity contribution in [3.63, 3.8) is 0 Å². The maximum atomic E-state index is 12.5. The first-order valence-electron chi connectivity index (χ1n) is 7.31. The summed E-state index contributed by atoms with van der Waals surface area (Å²) in [6.45, 7) is 2.75. The van der Waals surface area contributed by atoms with E-state index in [0.717, 1.165) is 17.7 Å². The molecule has 1 amide bonds. The fraction of sp³-hybridized carbons (Fsp3) is 0.375. The Morgan fingerprint density at radius 1 is 1.41 bits per heavy atom. The number of rotatable bonds is 3. The molecule has 1 aromatic heterocycles. The molecule has 1 aliphatic rings. The Morgan fingerprint density at radius 2 is 2.18 bits per heavy atom. The van der Waals surface area contributed by atoms with E-state index in [0.29, 0.717) is 29.4 Å². The number of hydrogen-bond donors (Lipinski definition) is 1. The summed E-state index contributed by atoms with van der Waals surface area (Å²) < 4.78 is 0. The zero-order valence-electron chi connectivity index (χ0n) is 12.3. The van der Waals surface area contributed by atoms with E-state index in [1.54, 1.807) is 12.5 Å². The molecule has 6 heteroatoms. The second kappa shape index (κ2) is 6.31. The average molecular weight is 338 g/mol. The van der Waals surface area contributed by atoms with E-state index in [-0.39, 0.29) is 11.9 Å². The van der Waals surface area contributed by atoms with Crippen LogP contribution < -0.4 is 0 Å². The van der Waals surface area contributed by atoms with E-state index in [9.17, 15) is 4.79 Å². The lowest BCUT2D eigenvalue weighted by molar-refractivity contribution is -0.133. The van der Waals surface area contributed by atoms with Gasteiger partial charge in [-0.3, -0.25) is 4.79 Å². The van der Waals surface area contributed by atoms with Gasteiger partial charge in [-0.15, -0.1) is 0 Å². The second-order valence-electron chi connectivity index (χ2n) is 5.56. The van der Waals surface area contributed by atoms with Crippen LogP contribution in [0.3, 0.4) is 0 Å². The largest absolute Gasteiger partial charge is 0.348 e. The van der Waals surface area contributed by atoms with Gasteiger partial charge in [-0.1, -0.05) is 23.2 Å². The fourth-order valence-corrected chi connectivity index (χ4v) is 3.32. The maximum Gasteiger partial charge on any atom is 0.223 e. The average Bonchev–Trinajstić information content (AvgIpc) is 3.01. The van der Waals surface area contributed by atoms with Gasteiger partial charge in [0.05, 0.1) is 22.4 Å². The van der Waals surface area contributed by atoms with E-state index in [4.69, 9.17) is 23.2 Å². The number of hydrogen-bond acceptors (Lipinski definition) is 2. The molecule has 22 heavy (non-hydrogen) atoms. The van der Waals surface area contributed by atoms with Crippen molar-refractivity contribution in [1.29, 1.82) is 0 Å². The monoisotopic (exact) mass is 337 g/mol. The van der Waals surface area contributed by atoms with Crippen LogP contribution in [0.4, 0.5) is 0 Å². The number of carbonyl (C=O) groups is 1. The summed E-state index contributed by atoms with van der Waals surface area (Å²) in [6.07, 6.45) is 5.35. The first kappa shape index (κ1) is 15.4. The second-order valence-corrected chi connectivity index (χ2v) is 6.37. The molecule has 4 nitrogen and oxygen atoms in total. The molecule has 1 N–H and O–H groups in total. The van der Waals surface area contributed by atoms with Gasteiger partial charge in [-0.25, -0.2) is 4.98 Å². The van der Waals surface area contributed by atoms with Gasteiger partial charge >= 0.3 is 0 Å². The molecule has 1 aromatic carbocycles. The number of benzene rings is 1. The third kappa shape index (κ3) is 2.99. The van der Waals surface area contributed by atoms with Crippen LogP contribution in [0.2, 0.25) is 10.0 Å². The van der Waals surface area contributed by atoms with E-state index < -0.39 is 0 Å². The quantitative estimate of drug-likeness (QED) is 0.926. The number of H-pyrrole nitrogens is 1. The molecule has 0 saturated carbocycles. The molecule has 0 fully saturated rings. The number of carbonyl (C=O) groups excluding carboxylic acids is 1. The Kier molecular flexibility index (Phi) is 4.41. The molecule has 0 spiro atoms. The summed E-state index contributed by atoms with van der Waals surface area (Å²) in [7, 11) is 0. The molecule has 0 bridgehead atoms. The highest BCUT2D eigenvalue weighted by molar-refractivity contribution is 6.42. The molecule has 3 rings (SSSR count). The van der Waals surface area contributed by atoms with Crippen LogP contribution >= 0.6 is 23.2 Å². The Hall–Kier alpha value is -1.52. The Bertz CT molecular complexity index is 685. The highest BCUT2D eigenvalue weighted by atomic mass is 35.5. The molecule has 1 unspecified atom stereocenters. The number of halogens is 2. The van der Waals surface area contributed by atoms with Gasteiger partial charge in [0.2, 0.25) is 5.91 Å². The standard InChI is InChI=1S/C16H17Cl2N3O/c1-10-13-7-15(18)14(17)6-11(13)4-5-21(10)16(22)3-2-12-8-19-9-20-12/h6-10H,2-5H2,1H3,(H,19,20). The maximum absolute atomic E-state index is 12.5. The predicted octanol–water partition coefficient (Wildman–Crippen LogP) is 3.80. The summed E-state index contributed by atoms with van der Waals surface area (Å²) in [5, 5.41) is 1.12. The van der Waals surface area contributed by atoms with E-state index >= 15 is 0 Å². The van der Waals surface area contributed by atoms with Crippen LogP contribution in [0.5, 0.6) is 0 Å². The predicted molar refractivity (Wildman–Crippen MR) is 87.2 cm³/mol. The smallest absolute Gasteiger partial charge is 0.223 e. The summed E-state index contributed by atoms with van der Waals surface area (Å²) in [5.41, 5.74) is 3.25. The summed E-state index contributed by atoms with van der Waals surface area (Å²) >= 11 is 12.2. The molecule has 0 radical (unpaired) electrons. The van der Waals surface area contributed by atoms with Crippen molar-refractivity contribution in [3.05, 3.63) is 51.5 Å². The van der Waals surface area contributed by atoms with Crippen LogP contribution in [-0.2, 0) is 17.6 Å². The number of nitrogens with one attached hydrogen (secondary N) is 1. The van der Waals surface area contributed by atoms with Crippen molar-refractivity contribution < 1.29 is 4.79 Å². The topological polar surface area (TPSA) is 49.0 Å². The van der Waals surface area contributed by atoms with Crippen LogP contribution in [0.15, 0.2) is 24.7 Å². The van der Waals surface area contributed by atoms with E-state index in [2.05, 4.69) is 9.97 Å². The summed E-state index contributed by atoms with van der Waals surface area (Å²) in [6, 6.07) is 3.83. The zero-order chi connectivity index (χ0) is 15.7. The lowest BCUT2D eigenvalue weighted by Crippen LogP contribution is -2.39. The number of fused-ring (bicyclic) bond motifs is 1. The van der Waals surface area contributed by atoms with Crippen molar-refractivity contribution in [1.82, 2.24) is 14.9 Å². The van der Waals surface area contributed by atoms with E-state index in [1.807, 2.05) is 24.0 Å². The van der Waals surface area contributed by atoms with Crippen LogP contribution in [0.1, 0.15) is 36.2 Å². The molecule has 1 atom stereocenters. The Morgan fingerprint density at radius 3 is 2.91 bits per heavy atom. The molecule has 116 valence electrons. The number of aromatic amines is 1. The number of imidazole rings is 1. The third-order valence-electron chi connectivity index (χ3n) is 4.21. The lowest BCUT2D eigenvalue weighted by atomic mass is 9.93. The number of nitrogens with zero attached hydrogens (tertiary/aromatic N) is 2. The van der Waals surface area contributed by atoms with Crippen LogP contribution in [-0.4, -0.2) is 27.3 Å². The van der Waals surface area contributed by atoms with Gasteiger partial charge in [0.15, 0.2) is 0 Å². The van der Waals surface area contributed by atoms with Crippen molar-refractivity contribution in [2.75, 3.05) is 6.54 Å².